The predicted molar refractivity (Wildman–Crippen MR) is 108 cm³/mol. The van der Waals surface area contributed by atoms with Crippen molar-refractivity contribution in [2.45, 2.75) is 32.8 Å². The van der Waals surface area contributed by atoms with Gasteiger partial charge in [-0.15, -0.1) is 0 Å². The summed E-state index contributed by atoms with van der Waals surface area (Å²) in [5, 5.41) is 2.67. The minimum atomic E-state index is -0.807. The van der Waals surface area contributed by atoms with Gasteiger partial charge in [0.25, 0.3) is 5.91 Å². The van der Waals surface area contributed by atoms with E-state index in [1.807, 2.05) is 38.1 Å². The third-order valence-corrected chi connectivity index (χ3v) is 4.26. The van der Waals surface area contributed by atoms with Crippen LogP contribution in [0.2, 0.25) is 0 Å². The Bertz CT molecular complexity index is 872. The normalized spacial score (nSPS) is 11.5. The number of nitrogens with one attached hydrogen (secondary N) is 1. The summed E-state index contributed by atoms with van der Waals surface area (Å²) in [6, 6.07) is 11.7. The van der Waals surface area contributed by atoms with Gasteiger partial charge in [0, 0.05) is 5.69 Å². The number of ether oxygens (including phenoxy) is 3. The van der Waals surface area contributed by atoms with E-state index in [2.05, 4.69) is 5.32 Å². The van der Waals surface area contributed by atoms with Crippen LogP contribution in [0.15, 0.2) is 42.5 Å². The van der Waals surface area contributed by atoms with Crippen molar-refractivity contribution in [2.24, 2.45) is 0 Å². The maximum atomic E-state index is 12.6. The van der Waals surface area contributed by atoms with Gasteiger partial charge in [-0.3, -0.25) is 4.79 Å². The van der Waals surface area contributed by atoms with E-state index >= 15 is 0 Å². The van der Waals surface area contributed by atoms with Gasteiger partial charge < -0.3 is 19.5 Å². The smallest absolute Gasteiger partial charge is 0.337 e. The first-order valence-corrected chi connectivity index (χ1v) is 9.15. The Balaban J connectivity index is 2.23. The minimum Gasteiger partial charge on any atom is -0.481 e. The standard InChI is InChI=1S/C22H25NO6/c1-13(2)18-8-6-7-9-19(18)29-14(3)20(24)23-17-11-15(21(25)27-4)10-16(12-17)22(26)28-5/h6-14H,1-5H3,(H,23,24)/t14-/m0/s1. The SMILES string of the molecule is COC(=O)c1cc(NC(=O)[C@H](C)Oc2ccccc2C(C)C)cc(C(=O)OC)c1. The Morgan fingerprint density at radius 1 is 0.862 bits per heavy atom. The van der Waals surface area contributed by atoms with E-state index in [0.717, 1.165) is 5.56 Å². The molecule has 0 saturated heterocycles. The second kappa shape index (κ2) is 9.73. The zero-order valence-electron chi connectivity index (χ0n) is 17.1. The first-order chi connectivity index (χ1) is 13.8. The highest BCUT2D eigenvalue weighted by atomic mass is 16.5. The molecule has 0 spiro atoms. The minimum absolute atomic E-state index is 0.115. The van der Waals surface area contributed by atoms with Crippen molar-refractivity contribution in [1.82, 2.24) is 0 Å². The fraction of sp³-hybridized carbons (Fsp3) is 0.318. The van der Waals surface area contributed by atoms with Crippen molar-refractivity contribution in [1.29, 1.82) is 0 Å². The van der Waals surface area contributed by atoms with E-state index in [0.29, 0.717) is 5.75 Å². The average Bonchev–Trinajstić information content (AvgIpc) is 2.72. The number of methoxy groups -OCH3 is 2. The van der Waals surface area contributed by atoms with Gasteiger partial charge in [-0.1, -0.05) is 32.0 Å². The molecule has 154 valence electrons. The maximum Gasteiger partial charge on any atom is 0.337 e. The number of amides is 1. The Morgan fingerprint density at radius 3 is 1.93 bits per heavy atom. The number of rotatable bonds is 7. The third kappa shape index (κ3) is 5.57. The van der Waals surface area contributed by atoms with E-state index in [4.69, 9.17) is 14.2 Å². The van der Waals surface area contributed by atoms with Gasteiger partial charge in [0.2, 0.25) is 0 Å². The summed E-state index contributed by atoms with van der Waals surface area (Å²) in [6.07, 6.45) is -0.807. The molecule has 0 aromatic heterocycles. The molecule has 2 aromatic carbocycles. The molecule has 0 heterocycles. The fourth-order valence-electron chi connectivity index (χ4n) is 2.72. The van der Waals surface area contributed by atoms with Crippen molar-refractivity contribution in [2.75, 3.05) is 19.5 Å². The van der Waals surface area contributed by atoms with Crippen LogP contribution < -0.4 is 10.1 Å². The molecule has 0 aliphatic heterocycles. The maximum absolute atomic E-state index is 12.6. The van der Waals surface area contributed by atoms with Gasteiger partial charge in [-0.25, -0.2) is 9.59 Å². The number of benzene rings is 2. The molecule has 2 aromatic rings. The summed E-state index contributed by atoms with van der Waals surface area (Å²) in [7, 11) is 2.46. The second-order valence-corrected chi connectivity index (χ2v) is 6.72. The lowest BCUT2D eigenvalue weighted by atomic mass is 10.0. The summed E-state index contributed by atoms with van der Waals surface area (Å²) >= 11 is 0. The van der Waals surface area contributed by atoms with Gasteiger partial charge in [0.1, 0.15) is 5.75 Å². The first-order valence-electron chi connectivity index (χ1n) is 9.15. The lowest BCUT2D eigenvalue weighted by Gasteiger charge is -2.19. The lowest BCUT2D eigenvalue weighted by molar-refractivity contribution is -0.122. The first kappa shape index (κ1) is 21.9. The van der Waals surface area contributed by atoms with Crippen LogP contribution in [0.4, 0.5) is 5.69 Å². The molecule has 29 heavy (non-hydrogen) atoms. The van der Waals surface area contributed by atoms with Gasteiger partial charge >= 0.3 is 11.9 Å². The molecule has 0 aliphatic rings. The highest BCUT2D eigenvalue weighted by molar-refractivity contribution is 6.00. The van der Waals surface area contributed by atoms with E-state index in [9.17, 15) is 14.4 Å². The zero-order valence-corrected chi connectivity index (χ0v) is 17.1. The fourth-order valence-corrected chi connectivity index (χ4v) is 2.72. The molecule has 0 radical (unpaired) electrons. The molecular weight excluding hydrogens is 374 g/mol. The van der Waals surface area contributed by atoms with E-state index in [1.165, 1.54) is 32.4 Å². The summed E-state index contributed by atoms with van der Waals surface area (Å²) in [5.74, 6) is -0.839. The van der Waals surface area contributed by atoms with Crippen LogP contribution in [0.3, 0.4) is 0 Å². The average molecular weight is 399 g/mol. The van der Waals surface area contributed by atoms with Gasteiger partial charge in [0.05, 0.1) is 25.3 Å². The highest BCUT2D eigenvalue weighted by Crippen LogP contribution is 2.27. The molecule has 0 fully saturated rings. The van der Waals surface area contributed by atoms with Crippen LogP contribution in [0.25, 0.3) is 0 Å². The molecule has 0 unspecified atom stereocenters. The van der Waals surface area contributed by atoms with E-state index < -0.39 is 23.9 Å². The molecule has 1 N–H and O–H groups in total. The number of carbonyl (C=O) groups is 3. The van der Waals surface area contributed by atoms with Crippen molar-refractivity contribution in [3.8, 4) is 5.75 Å². The van der Waals surface area contributed by atoms with Crippen LogP contribution in [0, 0.1) is 0 Å². The Labute approximate surface area is 170 Å². The Morgan fingerprint density at radius 2 is 1.41 bits per heavy atom. The van der Waals surface area contributed by atoms with Crippen molar-refractivity contribution < 1.29 is 28.6 Å². The molecule has 0 bridgehead atoms. The molecule has 2 rings (SSSR count). The summed E-state index contributed by atoms with van der Waals surface area (Å²) < 4.78 is 15.2. The molecule has 1 amide bonds. The van der Waals surface area contributed by atoms with Gasteiger partial charge in [-0.05, 0) is 42.7 Å². The molecular formula is C22H25NO6. The number of para-hydroxylation sites is 1. The summed E-state index contributed by atoms with van der Waals surface area (Å²) in [4.78, 5) is 36.4. The number of hydrogen-bond acceptors (Lipinski definition) is 6. The van der Waals surface area contributed by atoms with Crippen LogP contribution in [0.5, 0.6) is 5.75 Å². The Kier molecular flexibility index (Phi) is 7.36. The largest absolute Gasteiger partial charge is 0.481 e. The van der Waals surface area contributed by atoms with Crippen LogP contribution in [0.1, 0.15) is 53.0 Å². The molecule has 0 aliphatic carbocycles. The van der Waals surface area contributed by atoms with Gasteiger partial charge in [-0.2, -0.15) is 0 Å². The lowest BCUT2D eigenvalue weighted by Crippen LogP contribution is -2.30. The monoisotopic (exact) mass is 399 g/mol. The van der Waals surface area contributed by atoms with Crippen LogP contribution >= 0.6 is 0 Å². The predicted octanol–water partition coefficient (Wildman–Crippen LogP) is 3.79. The third-order valence-electron chi connectivity index (χ3n) is 4.26. The number of esters is 2. The summed E-state index contributed by atoms with van der Waals surface area (Å²) in [6.45, 7) is 5.71. The van der Waals surface area contributed by atoms with Crippen molar-refractivity contribution in [3.05, 3.63) is 59.2 Å². The molecule has 0 saturated carbocycles. The van der Waals surface area contributed by atoms with Crippen LogP contribution in [-0.2, 0) is 14.3 Å². The van der Waals surface area contributed by atoms with Crippen LogP contribution in [-0.4, -0.2) is 38.2 Å². The van der Waals surface area contributed by atoms with E-state index in [-0.39, 0.29) is 22.7 Å². The number of carbonyl (C=O) groups excluding carboxylic acids is 3. The molecule has 1 atom stereocenters. The molecule has 7 nitrogen and oxygen atoms in total. The number of hydrogen-bond donors (Lipinski definition) is 1. The Hall–Kier alpha value is -3.35. The number of anilines is 1. The zero-order chi connectivity index (χ0) is 21.6. The topological polar surface area (TPSA) is 90.9 Å². The summed E-state index contributed by atoms with van der Waals surface area (Å²) in [5.41, 5.74) is 1.48. The van der Waals surface area contributed by atoms with Gasteiger partial charge in [0.15, 0.2) is 6.10 Å². The van der Waals surface area contributed by atoms with Crippen molar-refractivity contribution in [3.63, 3.8) is 0 Å². The van der Waals surface area contributed by atoms with Crippen molar-refractivity contribution >= 4 is 23.5 Å². The molecule has 7 heteroatoms. The second-order valence-electron chi connectivity index (χ2n) is 6.72. The van der Waals surface area contributed by atoms with E-state index in [1.54, 1.807) is 6.92 Å². The highest BCUT2D eigenvalue weighted by Gasteiger charge is 2.20. The quantitative estimate of drug-likeness (QED) is 0.713.